The Bertz CT molecular complexity index is 647. The van der Waals surface area contributed by atoms with Gasteiger partial charge in [-0.25, -0.2) is 17.7 Å². The van der Waals surface area contributed by atoms with Crippen molar-refractivity contribution in [1.29, 1.82) is 0 Å². The van der Waals surface area contributed by atoms with Gasteiger partial charge in [-0.3, -0.25) is 4.99 Å². The zero-order valence-electron chi connectivity index (χ0n) is 15.9. The van der Waals surface area contributed by atoms with Crippen molar-refractivity contribution in [2.45, 2.75) is 43.0 Å². The number of thioether (sulfide) groups is 1. The Labute approximate surface area is 188 Å². The molecule has 0 saturated carbocycles. The first-order chi connectivity index (χ1) is 12.5. The van der Waals surface area contributed by atoms with Crippen LogP contribution in [0.15, 0.2) is 20.9 Å². The summed E-state index contributed by atoms with van der Waals surface area (Å²) >= 11 is 3.44. The number of hydrogen-bond donors (Lipinski definition) is 2. The number of hydrogen-bond acceptors (Lipinski definition) is 6. The van der Waals surface area contributed by atoms with E-state index in [4.69, 9.17) is 0 Å². The summed E-state index contributed by atoms with van der Waals surface area (Å²) in [5.74, 6) is 2.05. The van der Waals surface area contributed by atoms with Crippen LogP contribution in [0.3, 0.4) is 0 Å². The molecule has 2 N–H and O–H groups in total. The summed E-state index contributed by atoms with van der Waals surface area (Å²) in [6.45, 7) is 3.92. The second kappa shape index (κ2) is 13.2. The predicted molar refractivity (Wildman–Crippen MR) is 126 cm³/mol. The highest BCUT2D eigenvalue weighted by molar-refractivity contribution is 14.0. The van der Waals surface area contributed by atoms with Crippen LogP contribution >= 0.6 is 47.1 Å². The Morgan fingerprint density at radius 1 is 1.44 bits per heavy atom. The van der Waals surface area contributed by atoms with Crippen LogP contribution in [0.1, 0.15) is 32.6 Å². The van der Waals surface area contributed by atoms with E-state index in [0.717, 1.165) is 41.9 Å². The fourth-order valence-electron chi connectivity index (χ4n) is 2.77. The molecule has 0 aromatic carbocycles. The van der Waals surface area contributed by atoms with E-state index >= 15 is 0 Å². The lowest BCUT2D eigenvalue weighted by Crippen LogP contribution is -2.50. The number of nitrogens with zero attached hydrogens (tertiary/aromatic N) is 3. The monoisotopic (exact) mass is 547 g/mol. The molecule has 11 heteroatoms. The van der Waals surface area contributed by atoms with Crippen molar-refractivity contribution in [3.8, 4) is 0 Å². The van der Waals surface area contributed by atoms with Crippen molar-refractivity contribution in [1.82, 2.24) is 19.9 Å². The fraction of sp³-hybridized carbons (Fsp3) is 0.750. The lowest BCUT2D eigenvalue weighted by molar-refractivity contribution is 0.306. The highest BCUT2D eigenvalue weighted by atomic mass is 127. The van der Waals surface area contributed by atoms with Crippen LogP contribution in [0.25, 0.3) is 0 Å². The summed E-state index contributed by atoms with van der Waals surface area (Å²) in [6, 6.07) is 0.263. The maximum absolute atomic E-state index is 12.1. The number of guanidine groups is 1. The van der Waals surface area contributed by atoms with Gasteiger partial charge in [0, 0.05) is 50.1 Å². The molecular formula is C16H30IN5O2S3. The van der Waals surface area contributed by atoms with E-state index < -0.39 is 10.0 Å². The van der Waals surface area contributed by atoms with Gasteiger partial charge in [0.25, 0.3) is 0 Å². The maximum atomic E-state index is 12.1. The largest absolute Gasteiger partial charge is 0.356 e. The first-order valence-corrected chi connectivity index (χ1v) is 12.5. The minimum atomic E-state index is -3.08. The molecule has 0 unspecified atom stereocenters. The van der Waals surface area contributed by atoms with E-state index in [-0.39, 0.29) is 35.8 Å². The highest BCUT2D eigenvalue weighted by Crippen LogP contribution is 2.20. The van der Waals surface area contributed by atoms with Gasteiger partial charge >= 0.3 is 0 Å². The summed E-state index contributed by atoms with van der Waals surface area (Å²) in [4.78, 5) is 8.53. The summed E-state index contributed by atoms with van der Waals surface area (Å²) in [6.07, 6.45) is 5.14. The van der Waals surface area contributed by atoms with Gasteiger partial charge in [0.05, 0.1) is 5.75 Å². The van der Waals surface area contributed by atoms with Crippen LogP contribution in [-0.2, 0) is 10.0 Å². The van der Waals surface area contributed by atoms with Gasteiger partial charge in [0.15, 0.2) is 5.96 Å². The third-order valence-corrected chi connectivity index (χ3v) is 8.25. The number of piperidine rings is 1. The normalized spacial score (nSPS) is 16.7. The lowest BCUT2D eigenvalue weighted by atomic mass is 10.1. The van der Waals surface area contributed by atoms with Crippen molar-refractivity contribution >= 4 is 63.1 Å². The second-order valence-electron chi connectivity index (χ2n) is 6.13. The van der Waals surface area contributed by atoms with Crippen LogP contribution in [0.4, 0.5) is 0 Å². The zero-order chi connectivity index (χ0) is 18.8. The van der Waals surface area contributed by atoms with E-state index in [2.05, 4.69) is 20.6 Å². The molecule has 156 valence electrons. The van der Waals surface area contributed by atoms with Gasteiger partial charge in [-0.15, -0.1) is 35.3 Å². The average molecular weight is 548 g/mol. The smallest absolute Gasteiger partial charge is 0.214 e. The van der Waals surface area contributed by atoms with E-state index in [1.807, 2.05) is 18.5 Å². The second-order valence-corrected chi connectivity index (χ2v) is 10.5. The first kappa shape index (κ1) is 24.9. The van der Waals surface area contributed by atoms with Crippen molar-refractivity contribution in [3.63, 3.8) is 0 Å². The van der Waals surface area contributed by atoms with Crippen LogP contribution in [0.2, 0.25) is 0 Å². The summed E-state index contributed by atoms with van der Waals surface area (Å²) in [7, 11) is -1.31. The van der Waals surface area contributed by atoms with Crippen LogP contribution < -0.4 is 10.6 Å². The van der Waals surface area contributed by atoms with Gasteiger partial charge in [0.1, 0.15) is 4.34 Å². The van der Waals surface area contributed by atoms with Gasteiger partial charge in [0.2, 0.25) is 10.0 Å². The van der Waals surface area contributed by atoms with Crippen molar-refractivity contribution in [3.05, 3.63) is 11.6 Å². The van der Waals surface area contributed by atoms with Crippen molar-refractivity contribution in [2.24, 2.45) is 4.99 Å². The zero-order valence-corrected chi connectivity index (χ0v) is 20.7. The van der Waals surface area contributed by atoms with Gasteiger partial charge in [-0.1, -0.05) is 18.7 Å². The molecule has 2 heterocycles. The molecule has 0 aliphatic carbocycles. The quantitative estimate of drug-likeness (QED) is 0.163. The molecule has 1 aromatic rings. The van der Waals surface area contributed by atoms with Crippen molar-refractivity contribution in [2.75, 3.05) is 38.2 Å². The third kappa shape index (κ3) is 8.84. The molecule has 27 heavy (non-hydrogen) atoms. The number of halogens is 1. The standard InChI is InChI=1S/C16H29N5O2S3.HI/c1-3-13-26(22,23)21-9-5-14(6-10-21)20-15(17-2)18-7-4-11-24-16-19-8-12-25-16;/h8,12,14H,3-7,9-11,13H2,1-2H3,(H2,17,18,20);1H. The topological polar surface area (TPSA) is 86.7 Å². The molecule has 2 rings (SSSR count). The van der Waals surface area contributed by atoms with E-state index in [0.29, 0.717) is 19.5 Å². The van der Waals surface area contributed by atoms with Gasteiger partial charge in [-0.05, 0) is 25.7 Å². The molecule has 1 aliphatic rings. The third-order valence-electron chi connectivity index (χ3n) is 4.12. The molecule has 1 aliphatic heterocycles. The van der Waals surface area contributed by atoms with Crippen molar-refractivity contribution < 1.29 is 8.42 Å². The lowest BCUT2D eigenvalue weighted by Gasteiger charge is -2.32. The molecule has 1 aromatic heterocycles. The Morgan fingerprint density at radius 2 is 2.19 bits per heavy atom. The Morgan fingerprint density at radius 3 is 2.78 bits per heavy atom. The molecule has 1 fully saturated rings. The molecule has 0 atom stereocenters. The number of thiazole rings is 1. The summed E-state index contributed by atoms with van der Waals surface area (Å²) in [5.41, 5.74) is 0. The van der Waals surface area contributed by atoms with Gasteiger partial charge in [-0.2, -0.15) is 0 Å². The number of nitrogens with one attached hydrogen (secondary N) is 2. The highest BCUT2D eigenvalue weighted by Gasteiger charge is 2.27. The molecule has 0 spiro atoms. The number of aliphatic imine (C=N–C) groups is 1. The molecule has 1 saturated heterocycles. The predicted octanol–water partition coefficient (Wildman–Crippen LogP) is 2.61. The summed E-state index contributed by atoms with van der Waals surface area (Å²) < 4.78 is 27.0. The Balaban J connectivity index is 0.00000364. The van der Waals surface area contributed by atoms with Crippen LogP contribution in [0.5, 0.6) is 0 Å². The molecule has 0 amide bonds. The number of sulfonamides is 1. The van der Waals surface area contributed by atoms with E-state index in [1.165, 1.54) is 0 Å². The van der Waals surface area contributed by atoms with Gasteiger partial charge < -0.3 is 10.6 Å². The minimum Gasteiger partial charge on any atom is -0.356 e. The average Bonchev–Trinajstić information content (AvgIpc) is 3.14. The molecule has 0 bridgehead atoms. The van der Waals surface area contributed by atoms with E-state index in [9.17, 15) is 8.42 Å². The Kier molecular flexibility index (Phi) is 12.2. The number of aromatic nitrogens is 1. The molecular weight excluding hydrogens is 517 g/mol. The molecule has 7 nitrogen and oxygen atoms in total. The first-order valence-electron chi connectivity index (χ1n) is 9.02. The maximum Gasteiger partial charge on any atom is 0.214 e. The van der Waals surface area contributed by atoms with E-state index in [1.54, 1.807) is 34.5 Å². The van der Waals surface area contributed by atoms with Crippen LogP contribution in [-0.4, -0.2) is 67.9 Å². The SMILES string of the molecule is CCCS(=O)(=O)N1CCC(NC(=NC)NCCCSc2nccs2)CC1.I. The number of rotatable bonds is 9. The Hall–Kier alpha value is -0.110. The minimum absolute atomic E-state index is 0. The van der Waals surface area contributed by atoms with Crippen LogP contribution in [0, 0.1) is 0 Å². The molecule has 0 radical (unpaired) electrons. The summed E-state index contributed by atoms with van der Waals surface area (Å²) in [5, 5.41) is 8.74. The fourth-order valence-corrected chi connectivity index (χ4v) is 5.96.